The molecule has 0 aliphatic rings. The lowest BCUT2D eigenvalue weighted by Gasteiger charge is -2.13. The molecule has 8 nitrogen and oxygen atoms in total. The van der Waals surface area contributed by atoms with E-state index in [-0.39, 0.29) is 37.2 Å². The number of hydrogen-bond donors (Lipinski definition) is 3. The van der Waals surface area contributed by atoms with Crippen molar-refractivity contribution < 1.29 is 18.7 Å². The molecule has 0 aliphatic heterocycles. The van der Waals surface area contributed by atoms with Crippen LogP contribution < -0.4 is 20.7 Å². The minimum absolute atomic E-state index is 0.103. The summed E-state index contributed by atoms with van der Waals surface area (Å²) in [7, 11) is 0. The van der Waals surface area contributed by atoms with Crippen LogP contribution in [0, 0.1) is 5.82 Å². The van der Waals surface area contributed by atoms with E-state index in [0.717, 1.165) is 5.56 Å². The van der Waals surface area contributed by atoms with Crippen molar-refractivity contribution in [1.29, 1.82) is 0 Å². The third-order valence-corrected chi connectivity index (χ3v) is 6.57. The van der Waals surface area contributed by atoms with Crippen LogP contribution in [0.1, 0.15) is 17.5 Å². The third kappa shape index (κ3) is 8.37. The first-order valence-corrected chi connectivity index (χ1v) is 13.8. The van der Waals surface area contributed by atoms with E-state index in [0.29, 0.717) is 44.4 Å². The molecule has 0 saturated carbocycles. The smallest absolute Gasteiger partial charge is 0.244 e. The molecule has 5 aromatic rings. The van der Waals surface area contributed by atoms with Crippen LogP contribution in [0.25, 0.3) is 17.0 Å². The van der Waals surface area contributed by atoms with E-state index >= 15 is 0 Å². The molecule has 0 radical (unpaired) electrons. The second-order valence-corrected chi connectivity index (χ2v) is 9.88. The van der Waals surface area contributed by atoms with Crippen molar-refractivity contribution in [2.75, 3.05) is 17.2 Å². The number of ether oxygens (including phenoxy) is 1. The van der Waals surface area contributed by atoms with Crippen LogP contribution in [0.3, 0.4) is 0 Å². The van der Waals surface area contributed by atoms with Crippen LogP contribution in [-0.2, 0) is 16.2 Å². The summed E-state index contributed by atoms with van der Waals surface area (Å²) in [6, 6.07) is 26.2. The minimum Gasteiger partial charge on any atom is -0.487 e. The Morgan fingerprint density at radius 3 is 2.56 bits per heavy atom. The van der Waals surface area contributed by atoms with E-state index in [9.17, 15) is 14.0 Å². The molecule has 0 saturated heterocycles. The minimum atomic E-state index is -0.331. The zero-order valence-electron chi connectivity index (χ0n) is 22.9. The number of nitrogens with zero attached hydrogens (tertiary/aromatic N) is 2. The molecule has 1 aromatic heterocycles. The van der Waals surface area contributed by atoms with Gasteiger partial charge in [0.15, 0.2) is 0 Å². The van der Waals surface area contributed by atoms with Crippen molar-refractivity contribution in [1.82, 2.24) is 15.3 Å². The number of rotatable bonds is 11. The normalized spacial score (nSPS) is 10.9. The van der Waals surface area contributed by atoms with Gasteiger partial charge in [-0.2, -0.15) is 0 Å². The molecule has 0 bridgehead atoms. The summed E-state index contributed by atoms with van der Waals surface area (Å²) >= 11 is 6.45. The van der Waals surface area contributed by atoms with Gasteiger partial charge in [-0.3, -0.25) is 9.59 Å². The van der Waals surface area contributed by atoms with E-state index in [2.05, 4.69) is 25.9 Å². The zero-order chi connectivity index (χ0) is 30.0. The van der Waals surface area contributed by atoms with Crippen molar-refractivity contribution in [2.24, 2.45) is 0 Å². The number of amides is 2. The van der Waals surface area contributed by atoms with Gasteiger partial charge in [0.1, 0.15) is 30.3 Å². The van der Waals surface area contributed by atoms with Crippen LogP contribution in [0.2, 0.25) is 5.02 Å². The molecule has 0 atom stereocenters. The summed E-state index contributed by atoms with van der Waals surface area (Å²) in [6.45, 7) is 0.364. The Labute approximate surface area is 252 Å². The van der Waals surface area contributed by atoms with E-state index in [1.54, 1.807) is 54.6 Å². The van der Waals surface area contributed by atoms with Gasteiger partial charge in [-0.05, 0) is 65.7 Å². The molecule has 43 heavy (non-hydrogen) atoms. The first-order valence-electron chi connectivity index (χ1n) is 13.4. The van der Waals surface area contributed by atoms with Crippen molar-refractivity contribution >= 4 is 57.6 Å². The van der Waals surface area contributed by atoms with Gasteiger partial charge in [0.25, 0.3) is 0 Å². The predicted octanol–water partition coefficient (Wildman–Crippen LogP) is 6.90. The van der Waals surface area contributed by atoms with Crippen LogP contribution in [0.4, 0.5) is 21.6 Å². The van der Waals surface area contributed by atoms with Crippen molar-refractivity contribution in [3.05, 3.63) is 125 Å². The average Bonchev–Trinajstić information content (AvgIpc) is 3.00. The number of carbonyl (C=O) groups is 2. The number of halogens is 2. The lowest BCUT2D eigenvalue weighted by Crippen LogP contribution is -2.26. The lowest BCUT2D eigenvalue weighted by molar-refractivity contribution is -0.117. The molecule has 0 unspecified atom stereocenters. The first kappa shape index (κ1) is 29.2. The van der Waals surface area contributed by atoms with Crippen molar-refractivity contribution in [2.45, 2.75) is 13.0 Å². The number of carbonyl (C=O) groups excluding carboxylic acids is 2. The maximum Gasteiger partial charge on any atom is 0.244 e. The summed E-state index contributed by atoms with van der Waals surface area (Å²) in [5.41, 5.74) is 3.50. The zero-order valence-corrected chi connectivity index (χ0v) is 23.6. The predicted molar refractivity (Wildman–Crippen MR) is 167 cm³/mol. The maximum atomic E-state index is 13.4. The van der Waals surface area contributed by atoms with Gasteiger partial charge >= 0.3 is 0 Å². The molecule has 2 amide bonds. The number of benzene rings is 4. The summed E-state index contributed by atoms with van der Waals surface area (Å²) in [5.74, 6) is 0.114. The molecule has 0 spiro atoms. The lowest BCUT2D eigenvalue weighted by atomic mass is 10.2. The molecule has 0 fully saturated rings. The molecule has 5 rings (SSSR count). The highest BCUT2D eigenvalue weighted by Crippen LogP contribution is 2.31. The number of anilines is 3. The van der Waals surface area contributed by atoms with Crippen molar-refractivity contribution in [3.8, 4) is 5.75 Å². The topological polar surface area (TPSA) is 105 Å². The number of hydrogen-bond acceptors (Lipinski definition) is 6. The molecule has 0 aliphatic carbocycles. The van der Waals surface area contributed by atoms with Crippen LogP contribution in [0.15, 0.2) is 103 Å². The molecule has 10 heteroatoms. The Hall–Kier alpha value is -5.28. The Kier molecular flexibility index (Phi) is 9.56. The third-order valence-electron chi connectivity index (χ3n) is 6.28. The highest BCUT2D eigenvalue weighted by molar-refractivity contribution is 6.32. The second kappa shape index (κ2) is 14.1. The summed E-state index contributed by atoms with van der Waals surface area (Å²) in [6.07, 6.45) is 4.69. The molecule has 4 aromatic carbocycles. The van der Waals surface area contributed by atoms with Crippen LogP contribution in [0.5, 0.6) is 5.75 Å². The first-order chi connectivity index (χ1) is 20.9. The second-order valence-electron chi connectivity index (χ2n) is 9.48. The fraction of sp³-hybridized carbons (Fsp3) is 0.0909. The Morgan fingerprint density at radius 1 is 0.907 bits per heavy atom. The quantitative estimate of drug-likeness (QED) is 0.143. The molecule has 3 N–H and O–H groups in total. The summed E-state index contributed by atoms with van der Waals surface area (Å²) in [5, 5.41) is 9.86. The Bertz CT molecular complexity index is 1780. The van der Waals surface area contributed by atoms with Gasteiger partial charge < -0.3 is 20.7 Å². The highest BCUT2D eigenvalue weighted by Gasteiger charge is 2.10. The van der Waals surface area contributed by atoms with E-state index in [1.165, 1.54) is 24.5 Å². The standard InChI is InChI=1S/C33H27ClFN5O3/c34-28-19-26(11-13-30(28)43-20-23-7-4-8-24(35)17-23)40-33-27-18-25(10-12-29(27)37-21-38-33)39-32(42)15-16-36-31(41)14-9-22-5-2-1-3-6-22/h1-14,17-19,21H,15-16,20H2,(H,36,41)(H,39,42)(H,37,38,40). The summed E-state index contributed by atoms with van der Waals surface area (Å²) < 4.78 is 19.2. The monoisotopic (exact) mass is 595 g/mol. The average molecular weight is 596 g/mol. The fourth-order valence-corrected chi connectivity index (χ4v) is 4.41. The Balaban J connectivity index is 1.18. The molecular formula is C33H27ClFN5O3. The number of fused-ring (bicyclic) bond motifs is 1. The van der Waals surface area contributed by atoms with E-state index in [1.807, 2.05) is 30.3 Å². The summed E-state index contributed by atoms with van der Waals surface area (Å²) in [4.78, 5) is 33.3. The fourth-order valence-electron chi connectivity index (χ4n) is 4.17. The number of nitrogens with one attached hydrogen (secondary N) is 3. The largest absolute Gasteiger partial charge is 0.487 e. The van der Waals surface area contributed by atoms with Gasteiger partial charge in [0.2, 0.25) is 11.8 Å². The Morgan fingerprint density at radius 2 is 1.74 bits per heavy atom. The maximum absolute atomic E-state index is 13.4. The van der Waals surface area contributed by atoms with Crippen LogP contribution in [-0.4, -0.2) is 28.3 Å². The molecule has 1 heterocycles. The highest BCUT2D eigenvalue weighted by atomic mass is 35.5. The SMILES string of the molecule is O=C(C=Cc1ccccc1)NCCC(=O)Nc1ccc2ncnc(Nc3ccc(OCc4cccc(F)c4)c(Cl)c3)c2c1. The van der Waals surface area contributed by atoms with Gasteiger partial charge in [-0.1, -0.05) is 54.1 Å². The van der Waals surface area contributed by atoms with Gasteiger partial charge in [-0.25, -0.2) is 14.4 Å². The van der Waals surface area contributed by atoms with Gasteiger partial charge in [0.05, 0.1) is 10.5 Å². The van der Waals surface area contributed by atoms with Gasteiger partial charge in [-0.15, -0.1) is 0 Å². The molecular weight excluding hydrogens is 569 g/mol. The number of aromatic nitrogens is 2. The van der Waals surface area contributed by atoms with Gasteiger partial charge in [0, 0.05) is 35.8 Å². The van der Waals surface area contributed by atoms with E-state index in [4.69, 9.17) is 16.3 Å². The van der Waals surface area contributed by atoms with E-state index < -0.39 is 0 Å². The van der Waals surface area contributed by atoms with Crippen LogP contribution >= 0.6 is 11.6 Å². The van der Waals surface area contributed by atoms with Crippen molar-refractivity contribution in [3.63, 3.8) is 0 Å². The molecule has 216 valence electrons.